The summed E-state index contributed by atoms with van der Waals surface area (Å²) in [4.78, 5) is 11.5. The molecule has 0 spiro atoms. The fraction of sp³-hybridized carbons (Fsp3) is 0.167. The summed E-state index contributed by atoms with van der Waals surface area (Å²) in [5.41, 5.74) is 1.72. The Kier molecular flexibility index (Phi) is 3.33. The lowest BCUT2D eigenvalue weighted by atomic mass is 10.2. The lowest BCUT2D eigenvalue weighted by Crippen LogP contribution is -2.24. The number of benzene rings is 1. The SMILES string of the molecule is O=C(Cc1ccon1)NCc1ccccc1. The van der Waals surface area contributed by atoms with Crippen LogP contribution < -0.4 is 5.32 Å². The Morgan fingerprint density at radius 1 is 1.25 bits per heavy atom. The summed E-state index contributed by atoms with van der Waals surface area (Å²) in [5, 5.41) is 6.49. The average Bonchev–Trinajstić information content (AvgIpc) is 2.81. The molecular weight excluding hydrogens is 204 g/mol. The van der Waals surface area contributed by atoms with Crippen LogP contribution in [-0.2, 0) is 17.8 Å². The van der Waals surface area contributed by atoms with Crippen molar-refractivity contribution < 1.29 is 9.32 Å². The van der Waals surface area contributed by atoms with Crippen LogP contribution in [0.15, 0.2) is 47.2 Å². The van der Waals surface area contributed by atoms with Gasteiger partial charge in [0, 0.05) is 12.6 Å². The molecule has 4 heteroatoms. The molecule has 0 radical (unpaired) electrons. The highest BCUT2D eigenvalue weighted by atomic mass is 16.5. The molecular formula is C12H12N2O2. The average molecular weight is 216 g/mol. The minimum absolute atomic E-state index is 0.0576. The zero-order valence-corrected chi connectivity index (χ0v) is 8.72. The summed E-state index contributed by atoms with van der Waals surface area (Å²) in [6, 6.07) is 11.5. The zero-order chi connectivity index (χ0) is 11.2. The van der Waals surface area contributed by atoms with Gasteiger partial charge in [0.2, 0.25) is 5.91 Å². The predicted molar refractivity (Wildman–Crippen MR) is 58.5 cm³/mol. The van der Waals surface area contributed by atoms with E-state index in [0.29, 0.717) is 12.2 Å². The van der Waals surface area contributed by atoms with Crippen molar-refractivity contribution in [3.8, 4) is 0 Å². The van der Waals surface area contributed by atoms with Crippen molar-refractivity contribution in [2.75, 3.05) is 0 Å². The van der Waals surface area contributed by atoms with Crippen molar-refractivity contribution in [3.63, 3.8) is 0 Å². The summed E-state index contributed by atoms with van der Waals surface area (Å²) < 4.78 is 4.65. The van der Waals surface area contributed by atoms with E-state index in [9.17, 15) is 4.79 Å². The van der Waals surface area contributed by atoms with Crippen molar-refractivity contribution >= 4 is 5.91 Å². The van der Waals surface area contributed by atoms with Crippen LogP contribution in [0.3, 0.4) is 0 Å². The van der Waals surface area contributed by atoms with Crippen molar-refractivity contribution in [3.05, 3.63) is 53.9 Å². The van der Waals surface area contributed by atoms with Crippen LogP contribution in [0.2, 0.25) is 0 Å². The molecule has 1 heterocycles. The summed E-state index contributed by atoms with van der Waals surface area (Å²) in [6.07, 6.45) is 1.71. The van der Waals surface area contributed by atoms with Gasteiger partial charge in [-0.25, -0.2) is 0 Å². The lowest BCUT2D eigenvalue weighted by molar-refractivity contribution is -0.120. The maximum atomic E-state index is 11.5. The maximum absolute atomic E-state index is 11.5. The number of hydrogen-bond acceptors (Lipinski definition) is 3. The number of rotatable bonds is 4. The minimum Gasteiger partial charge on any atom is -0.364 e. The van der Waals surface area contributed by atoms with Crippen LogP contribution >= 0.6 is 0 Å². The van der Waals surface area contributed by atoms with E-state index in [-0.39, 0.29) is 12.3 Å². The molecule has 16 heavy (non-hydrogen) atoms. The topological polar surface area (TPSA) is 55.1 Å². The van der Waals surface area contributed by atoms with Gasteiger partial charge in [0.15, 0.2) is 0 Å². The van der Waals surface area contributed by atoms with Crippen LogP contribution in [0.4, 0.5) is 0 Å². The molecule has 0 saturated carbocycles. The van der Waals surface area contributed by atoms with Gasteiger partial charge in [0.05, 0.1) is 12.1 Å². The Morgan fingerprint density at radius 2 is 2.06 bits per heavy atom. The molecule has 1 amide bonds. The molecule has 0 aliphatic heterocycles. The number of hydrogen-bond donors (Lipinski definition) is 1. The monoisotopic (exact) mass is 216 g/mol. The number of amides is 1. The number of nitrogens with zero attached hydrogens (tertiary/aromatic N) is 1. The number of carbonyl (C=O) groups excluding carboxylic acids is 1. The normalized spacial score (nSPS) is 10.0. The summed E-state index contributed by atoms with van der Waals surface area (Å²) in [7, 11) is 0. The second kappa shape index (κ2) is 5.11. The van der Waals surface area contributed by atoms with Gasteiger partial charge in [-0.15, -0.1) is 0 Å². The minimum atomic E-state index is -0.0576. The molecule has 0 unspecified atom stereocenters. The summed E-state index contributed by atoms with van der Waals surface area (Å²) in [5.74, 6) is -0.0576. The van der Waals surface area contributed by atoms with Gasteiger partial charge in [-0.05, 0) is 5.56 Å². The third-order valence-electron chi connectivity index (χ3n) is 2.17. The van der Waals surface area contributed by atoms with Crippen LogP contribution in [0.1, 0.15) is 11.3 Å². The quantitative estimate of drug-likeness (QED) is 0.843. The predicted octanol–water partition coefficient (Wildman–Crippen LogP) is 1.53. The first-order chi connectivity index (χ1) is 7.84. The van der Waals surface area contributed by atoms with Crippen molar-refractivity contribution in [2.24, 2.45) is 0 Å². The van der Waals surface area contributed by atoms with Gasteiger partial charge in [-0.1, -0.05) is 35.5 Å². The first kappa shape index (κ1) is 10.4. The summed E-state index contributed by atoms with van der Waals surface area (Å²) >= 11 is 0. The molecule has 4 nitrogen and oxygen atoms in total. The first-order valence-electron chi connectivity index (χ1n) is 5.04. The van der Waals surface area contributed by atoms with Crippen molar-refractivity contribution in [1.29, 1.82) is 0 Å². The Hall–Kier alpha value is -2.10. The van der Waals surface area contributed by atoms with Crippen LogP contribution in [0, 0.1) is 0 Å². The molecule has 0 fully saturated rings. The van der Waals surface area contributed by atoms with E-state index in [1.807, 2.05) is 30.3 Å². The van der Waals surface area contributed by atoms with Gasteiger partial charge in [-0.2, -0.15) is 0 Å². The highest BCUT2D eigenvalue weighted by molar-refractivity contribution is 5.77. The van der Waals surface area contributed by atoms with E-state index in [2.05, 4.69) is 15.0 Å². The molecule has 0 saturated heterocycles. The zero-order valence-electron chi connectivity index (χ0n) is 8.72. The van der Waals surface area contributed by atoms with E-state index in [4.69, 9.17) is 0 Å². The molecule has 82 valence electrons. The fourth-order valence-electron chi connectivity index (χ4n) is 1.35. The van der Waals surface area contributed by atoms with E-state index < -0.39 is 0 Å². The second-order valence-electron chi connectivity index (χ2n) is 3.43. The van der Waals surface area contributed by atoms with E-state index in [1.54, 1.807) is 6.07 Å². The number of nitrogens with one attached hydrogen (secondary N) is 1. The third-order valence-corrected chi connectivity index (χ3v) is 2.17. The molecule has 0 bridgehead atoms. The number of carbonyl (C=O) groups is 1. The van der Waals surface area contributed by atoms with Crippen molar-refractivity contribution in [2.45, 2.75) is 13.0 Å². The van der Waals surface area contributed by atoms with E-state index in [1.165, 1.54) is 6.26 Å². The molecule has 0 aliphatic carbocycles. The lowest BCUT2D eigenvalue weighted by Gasteiger charge is -2.03. The van der Waals surface area contributed by atoms with Gasteiger partial charge >= 0.3 is 0 Å². The highest BCUT2D eigenvalue weighted by Gasteiger charge is 2.05. The van der Waals surface area contributed by atoms with Crippen LogP contribution in [0.5, 0.6) is 0 Å². The smallest absolute Gasteiger partial charge is 0.226 e. The molecule has 2 rings (SSSR count). The van der Waals surface area contributed by atoms with E-state index in [0.717, 1.165) is 5.56 Å². The standard InChI is InChI=1S/C12H12N2O2/c15-12(8-11-6-7-16-14-11)13-9-10-4-2-1-3-5-10/h1-7H,8-9H2,(H,13,15). The van der Waals surface area contributed by atoms with Gasteiger partial charge < -0.3 is 9.84 Å². The molecule has 0 aliphatic rings. The number of aromatic nitrogens is 1. The largest absolute Gasteiger partial charge is 0.364 e. The van der Waals surface area contributed by atoms with Gasteiger partial charge in [-0.3, -0.25) is 4.79 Å². The molecule has 1 aromatic carbocycles. The van der Waals surface area contributed by atoms with Gasteiger partial charge in [0.25, 0.3) is 0 Å². The fourth-order valence-corrected chi connectivity index (χ4v) is 1.35. The van der Waals surface area contributed by atoms with Gasteiger partial charge in [0.1, 0.15) is 6.26 Å². The van der Waals surface area contributed by atoms with Crippen molar-refractivity contribution in [1.82, 2.24) is 10.5 Å². The highest BCUT2D eigenvalue weighted by Crippen LogP contribution is 1.99. The molecule has 0 atom stereocenters. The Balaban J connectivity index is 1.80. The Morgan fingerprint density at radius 3 is 2.75 bits per heavy atom. The van der Waals surface area contributed by atoms with E-state index >= 15 is 0 Å². The van der Waals surface area contributed by atoms with Crippen LogP contribution in [0.25, 0.3) is 0 Å². The molecule has 2 aromatic rings. The maximum Gasteiger partial charge on any atom is 0.226 e. The molecule has 1 aromatic heterocycles. The Labute approximate surface area is 93.3 Å². The van der Waals surface area contributed by atoms with Crippen LogP contribution in [-0.4, -0.2) is 11.1 Å². The second-order valence-corrected chi connectivity index (χ2v) is 3.43. The molecule has 1 N–H and O–H groups in total. The summed E-state index contributed by atoms with van der Waals surface area (Å²) in [6.45, 7) is 0.539. The first-order valence-corrected chi connectivity index (χ1v) is 5.04. The Bertz CT molecular complexity index is 437. The third kappa shape index (κ3) is 2.95.